The molecule has 0 radical (unpaired) electrons. The van der Waals surface area contributed by atoms with Crippen molar-refractivity contribution in [2.75, 3.05) is 0 Å². The molecule has 2 atom stereocenters. The van der Waals surface area contributed by atoms with Crippen molar-refractivity contribution in [3.05, 3.63) is 12.7 Å². The number of hydrogen-bond donors (Lipinski definition) is 0. The van der Waals surface area contributed by atoms with Crippen LogP contribution in [0.4, 0.5) is 0 Å². The molecule has 0 heterocycles. The molecular formula is C13H26. The van der Waals surface area contributed by atoms with Gasteiger partial charge in [-0.05, 0) is 23.7 Å². The largest absolute Gasteiger partial charge is 0.103 e. The van der Waals surface area contributed by atoms with E-state index in [1.54, 1.807) is 0 Å². The van der Waals surface area contributed by atoms with Crippen molar-refractivity contribution in [3.8, 4) is 0 Å². The molecule has 78 valence electrons. The maximum Gasteiger partial charge on any atom is -0.0152 e. The summed E-state index contributed by atoms with van der Waals surface area (Å²) in [5.41, 5.74) is 0.299. The van der Waals surface area contributed by atoms with Crippen molar-refractivity contribution in [1.29, 1.82) is 0 Å². The lowest BCUT2D eigenvalue weighted by molar-refractivity contribution is 0.269. The van der Waals surface area contributed by atoms with Gasteiger partial charge in [0.1, 0.15) is 0 Å². The van der Waals surface area contributed by atoms with Gasteiger partial charge < -0.3 is 0 Å². The van der Waals surface area contributed by atoms with E-state index >= 15 is 0 Å². The summed E-state index contributed by atoms with van der Waals surface area (Å²) in [6, 6.07) is 0. The second kappa shape index (κ2) is 5.47. The quantitative estimate of drug-likeness (QED) is 0.524. The minimum Gasteiger partial charge on any atom is -0.103 e. The molecule has 0 aromatic rings. The minimum atomic E-state index is 0.299. The third-order valence-corrected chi connectivity index (χ3v) is 3.59. The van der Waals surface area contributed by atoms with Gasteiger partial charge in [0.2, 0.25) is 0 Å². The normalized spacial score (nSPS) is 16.7. The minimum absolute atomic E-state index is 0.299. The zero-order chi connectivity index (χ0) is 10.5. The Morgan fingerprint density at radius 2 is 1.77 bits per heavy atom. The van der Waals surface area contributed by atoms with Crippen LogP contribution < -0.4 is 0 Å². The number of rotatable bonds is 6. The molecule has 0 aliphatic carbocycles. The Hall–Kier alpha value is -0.260. The molecule has 0 fully saturated rings. The van der Waals surface area contributed by atoms with Crippen molar-refractivity contribution < 1.29 is 0 Å². The molecular weight excluding hydrogens is 156 g/mol. The third-order valence-electron chi connectivity index (χ3n) is 3.59. The van der Waals surface area contributed by atoms with Crippen molar-refractivity contribution in [2.24, 2.45) is 17.3 Å². The Morgan fingerprint density at radius 3 is 2.15 bits per heavy atom. The van der Waals surface area contributed by atoms with Gasteiger partial charge in [-0.1, -0.05) is 53.5 Å². The highest BCUT2D eigenvalue weighted by molar-refractivity contribution is 4.91. The van der Waals surface area contributed by atoms with Crippen LogP contribution in [-0.4, -0.2) is 0 Å². The molecule has 0 bridgehead atoms. The van der Waals surface area contributed by atoms with Crippen LogP contribution in [0.1, 0.15) is 53.9 Å². The average Bonchev–Trinajstić information content (AvgIpc) is 2.13. The molecule has 0 nitrogen and oxygen atoms in total. The van der Waals surface area contributed by atoms with Gasteiger partial charge in [-0.2, -0.15) is 0 Å². The summed E-state index contributed by atoms with van der Waals surface area (Å²) in [4.78, 5) is 0. The lowest BCUT2D eigenvalue weighted by Gasteiger charge is -2.29. The smallest absolute Gasteiger partial charge is 0.0152 e. The summed E-state index contributed by atoms with van der Waals surface area (Å²) in [5.74, 6) is 1.63. The van der Waals surface area contributed by atoms with Crippen LogP contribution in [0.2, 0.25) is 0 Å². The maximum absolute atomic E-state index is 3.90. The van der Waals surface area contributed by atoms with E-state index in [4.69, 9.17) is 0 Å². The van der Waals surface area contributed by atoms with Gasteiger partial charge in [0.15, 0.2) is 0 Å². The van der Waals surface area contributed by atoms with E-state index < -0.39 is 0 Å². The lowest BCUT2D eigenvalue weighted by Crippen LogP contribution is -2.19. The first-order valence-corrected chi connectivity index (χ1v) is 5.57. The van der Waals surface area contributed by atoms with Gasteiger partial charge in [-0.3, -0.25) is 0 Å². The molecule has 2 unspecified atom stereocenters. The Balaban J connectivity index is 3.86. The predicted octanol–water partition coefficient (Wildman–Crippen LogP) is 4.66. The van der Waals surface area contributed by atoms with Gasteiger partial charge in [-0.25, -0.2) is 0 Å². The first kappa shape index (κ1) is 12.7. The highest BCUT2D eigenvalue weighted by atomic mass is 14.3. The second-order valence-electron chi connectivity index (χ2n) is 5.02. The van der Waals surface area contributed by atoms with Crippen molar-refractivity contribution in [1.82, 2.24) is 0 Å². The fourth-order valence-corrected chi connectivity index (χ4v) is 1.31. The van der Waals surface area contributed by atoms with E-state index in [1.807, 2.05) is 0 Å². The Bertz CT molecular complexity index is 144. The van der Waals surface area contributed by atoms with Crippen LogP contribution in [0.15, 0.2) is 12.7 Å². The average molecular weight is 182 g/mol. The monoisotopic (exact) mass is 182 g/mol. The molecule has 0 aliphatic heterocycles. The second-order valence-corrected chi connectivity index (χ2v) is 5.02. The molecule has 0 aromatic carbocycles. The highest BCUT2D eigenvalue weighted by Crippen LogP contribution is 2.32. The molecule has 0 saturated carbocycles. The van der Waals surface area contributed by atoms with Gasteiger partial charge >= 0.3 is 0 Å². The third kappa shape index (κ3) is 4.50. The van der Waals surface area contributed by atoms with Crippen molar-refractivity contribution in [3.63, 3.8) is 0 Å². The van der Waals surface area contributed by atoms with Crippen LogP contribution in [0, 0.1) is 17.3 Å². The van der Waals surface area contributed by atoms with Crippen LogP contribution >= 0.6 is 0 Å². The first-order chi connectivity index (χ1) is 5.94. The molecule has 0 aliphatic rings. The Morgan fingerprint density at radius 1 is 1.23 bits per heavy atom. The zero-order valence-electron chi connectivity index (χ0n) is 10.1. The van der Waals surface area contributed by atoms with Crippen molar-refractivity contribution >= 4 is 0 Å². The number of hydrogen-bond acceptors (Lipinski definition) is 0. The molecule has 13 heavy (non-hydrogen) atoms. The van der Waals surface area contributed by atoms with E-state index in [2.05, 4.69) is 47.3 Å². The summed E-state index contributed by atoms with van der Waals surface area (Å²) in [6.07, 6.45) is 6.08. The van der Waals surface area contributed by atoms with Crippen LogP contribution in [0.25, 0.3) is 0 Å². The first-order valence-electron chi connectivity index (χ1n) is 5.57. The molecule has 0 spiro atoms. The lowest BCUT2D eigenvalue weighted by atomic mass is 9.77. The number of allylic oxidation sites excluding steroid dienone is 1. The predicted molar refractivity (Wildman–Crippen MR) is 61.8 cm³/mol. The highest BCUT2D eigenvalue weighted by Gasteiger charge is 2.21. The van der Waals surface area contributed by atoms with E-state index in [9.17, 15) is 0 Å². The van der Waals surface area contributed by atoms with Crippen LogP contribution in [-0.2, 0) is 0 Å². The SMILES string of the molecule is C=CC(C)(C)C(C)CCC(C)CC. The van der Waals surface area contributed by atoms with Crippen LogP contribution in [0.5, 0.6) is 0 Å². The molecule has 0 saturated heterocycles. The molecule has 0 rings (SSSR count). The molecule has 0 N–H and O–H groups in total. The summed E-state index contributed by atoms with van der Waals surface area (Å²) >= 11 is 0. The van der Waals surface area contributed by atoms with Gasteiger partial charge in [0.05, 0.1) is 0 Å². The van der Waals surface area contributed by atoms with E-state index in [0.717, 1.165) is 11.8 Å². The summed E-state index contributed by atoms with van der Waals surface area (Å²) in [5, 5.41) is 0. The van der Waals surface area contributed by atoms with E-state index in [-0.39, 0.29) is 0 Å². The Labute approximate surface area is 84.4 Å². The standard InChI is InChI=1S/C13H26/c1-7-11(3)9-10-12(4)13(5,6)8-2/h8,11-12H,2,7,9-10H2,1,3-6H3. The molecule has 0 heteroatoms. The van der Waals surface area contributed by atoms with Gasteiger partial charge in [-0.15, -0.1) is 6.58 Å². The summed E-state index contributed by atoms with van der Waals surface area (Å²) in [6.45, 7) is 15.4. The fraction of sp³-hybridized carbons (Fsp3) is 0.846. The van der Waals surface area contributed by atoms with Gasteiger partial charge in [0.25, 0.3) is 0 Å². The van der Waals surface area contributed by atoms with Crippen LogP contribution in [0.3, 0.4) is 0 Å². The Kier molecular flexibility index (Phi) is 5.36. The van der Waals surface area contributed by atoms with E-state index in [1.165, 1.54) is 19.3 Å². The molecule has 0 aromatic heterocycles. The molecule has 0 amide bonds. The summed E-state index contributed by atoms with van der Waals surface area (Å²) < 4.78 is 0. The summed E-state index contributed by atoms with van der Waals surface area (Å²) in [7, 11) is 0. The van der Waals surface area contributed by atoms with Gasteiger partial charge in [0, 0.05) is 0 Å². The van der Waals surface area contributed by atoms with E-state index in [0.29, 0.717) is 5.41 Å². The zero-order valence-corrected chi connectivity index (χ0v) is 10.1. The maximum atomic E-state index is 3.90. The topological polar surface area (TPSA) is 0 Å². The fourth-order valence-electron chi connectivity index (χ4n) is 1.31. The van der Waals surface area contributed by atoms with Crippen molar-refractivity contribution in [2.45, 2.75) is 53.9 Å².